The lowest BCUT2D eigenvalue weighted by atomic mass is 10.1. The van der Waals surface area contributed by atoms with E-state index in [0.29, 0.717) is 0 Å². The Bertz CT molecular complexity index is 448. The van der Waals surface area contributed by atoms with Gasteiger partial charge in [0.25, 0.3) is 0 Å². The lowest BCUT2D eigenvalue weighted by Gasteiger charge is -2.37. The van der Waals surface area contributed by atoms with Crippen molar-refractivity contribution in [2.24, 2.45) is 0 Å². The van der Waals surface area contributed by atoms with Crippen molar-refractivity contribution in [1.29, 1.82) is 0 Å². The topological polar surface area (TPSA) is 9.23 Å². The van der Waals surface area contributed by atoms with Crippen LogP contribution in [0.3, 0.4) is 0 Å². The van der Waals surface area contributed by atoms with Gasteiger partial charge in [0.15, 0.2) is 0 Å². The number of benzene rings is 1. The zero-order valence-corrected chi connectivity index (χ0v) is 13.8. The Morgan fingerprint density at radius 1 is 1.28 bits per heavy atom. The Kier molecular flexibility index (Phi) is 3.54. The van der Waals surface area contributed by atoms with Crippen molar-refractivity contribution in [3.8, 4) is 5.75 Å². The summed E-state index contributed by atoms with van der Waals surface area (Å²) in [5.74, 6) is 1.02. The first-order valence-electron chi connectivity index (χ1n) is 6.67. The van der Waals surface area contributed by atoms with Gasteiger partial charge < -0.3 is 4.43 Å². The summed E-state index contributed by atoms with van der Waals surface area (Å²) in [6.45, 7) is 11.4. The van der Waals surface area contributed by atoms with Crippen LogP contribution in [0.5, 0.6) is 5.75 Å². The van der Waals surface area contributed by atoms with Gasteiger partial charge in [-0.2, -0.15) is 0 Å². The van der Waals surface area contributed by atoms with Gasteiger partial charge in [0.2, 0.25) is 8.32 Å². The first kappa shape index (κ1) is 13.9. The standard InChI is InChI=1S/C15H23ClOSi/c1-15(2,3)18(4,5)17-13-8-6-7-11-9-10-12(16)14(11)13/h6-8,12H,9-10H2,1-5H3. The molecule has 0 saturated carbocycles. The Balaban J connectivity index is 2.34. The molecular weight excluding hydrogens is 260 g/mol. The second kappa shape index (κ2) is 4.57. The summed E-state index contributed by atoms with van der Waals surface area (Å²) in [5.41, 5.74) is 2.61. The van der Waals surface area contributed by atoms with Crippen molar-refractivity contribution in [1.82, 2.24) is 0 Å². The second-order valence-corrected chi connectivity index (χ2v) is 11.9. The van der Waals surface area contributed by atoms with E-state index >= 15 is 0 Å². The average Bonchev–Trinajstić information content (AvgIpc) is 2.59. The molecule has 0 radical (unpaired) electrons. The van der Waals surface area contributed by atoms with Crippen molar-refractivity contribution >= 4 is 19.9 Å². The molecule has 1 atom stereocenters. The van der Waals surface area contributed by atoms with Crippen molar-refractivity contribution < 1.29 is 4.43 Å². The van der Waals surface area contributed by atoms with Gasteiger partial charge in [-0.15, -0.1) is 11.6 Å². The SMILES string of the molecule is CC(C)(C)[Si](C)(C)Oc1cccc2c1C(Cl)CC2. The molecule has 0 fully saturated rings. The molecule has 0 aromatic heterocycles. The molecule has 0 aliphatic heterocycles. The second-order valence-electron chi connectivity index (χ2n) is 6.70. The Labute approximate surface area is 117 Å². The Morgan fingerprint density at radius 3 is 2.56 bits per heavy atom. The number of aryl methyl sites for hydroxylation is 1. The van der Waals surface area contributed by atoms with E-state index < -0.39 is 8.32 Å². The predicted molar refractivity (Wildman–Crippen MR) is 81.2 cm³/mol. The molecule has 100 valence electrons. The summed E-state index contributed by atoms with van der Waals surface area (Å²) in [7, 11) is -1.78. The molecule has 1 aromatic rings. The van der Waals surface area contributed by atoms with Crippen LogP contribution in [-0.4, -0.2) is 8.32 Å². The fourth-order valence-electron chi connectivity index (χ4n) is 2.11. The quantitative estimate of drug-likeness (QED) is 0.528. The number of hydrogen-bond donors (Lipinski definition) is 0. The van der Waals surface area contributed by atoms with Crippen LogP contribution < -0.4 is 4.43 Å². The van der Waals surface area contributed by atoms with Crippen molar-refractivity contribution in [3.63, 3.8) is 0 Å². The fourth-order valence-corrected chi connectivity index (χ4v) is 3.50. The molecule has 1 aliphatic rings. The van der Waals surface area contributed by atoms with E-state index in [0.717, 1.165) is 18.6 Å². The van der Waals surface area contributed by atoms with Crippen LogP contribution in [0.1, 0.15) is 43.7 Å². The van der Waals surface area contributed by atoms with Gasteiger partial charge in [0.05, 0.1) is 5.38 Å². The Morgan fingerprint density at radius 2 is 1.94 bits per heavy atom. The number of hydrogen-bond acceptors (Lipinski definition) is 1. The highest BCUT2D eigenvalue weighted by molar-refractivity contribution is 6.74. The summed E-state index contributed by atoms with van der Waals surface area (Å²) >= 11 is 6.43. The molecule has 18 heavy (non-hydrogen) atoms. The monoisotopic (exact) mass is 282 g/mol. The molecule has 0 N–H and O–H groups in total. The molecule has 0 amide bonds. The van der Waals surface area contributed by atoms with Gasteiger partial charge >= 0.3 is 0 Å². The largest absolute Gasteiger partial charge is 0.543 e. The minimum Gasteiger partial charge on any atom is -0.543 e. The summed E-state index contributed by atoms with van der Waals surface area (Å²) in [6.07, 6.45) is 2.12. The summed E-state index contributed by atoms with van der Waals surface area (Å²) in [5, 5.41) is 0.344. The molecule has 1 unspecified atom stereocenters. The highest BCUT2D eigenvalue weighted by Gasteiger charge is 2.40. The van der Waals surface area contributed by atoms with E-state index in [-0.39, 0.29) is 10.4 Å². The third-order valence-electron chi connectivity index (χ3n) is 4.31. The van der Waals surface area contributed by atoms with Crippen LogP contribution in [0.15, 0.2) is 18.2 Å². The predicted octanol–water partition coefficient (Wildman–Crippen LogP) is 5.30. The molecule has 0 bridgehead atoms. The molecule has 1 aromatic carbocycles. The van der Waals surface area contributed by atoms with Gasteiger partial charge in [0.1, 0.15) is 5.75 Å². The minimum atomic E-state index is -1.78. The van der Waals surface area contributed by atoms with E-state index in [2.05, 4.69) is 52.1 Å². The summed E-state index contributed by atoms with van der Waals surface area (Å²) < 4.78 is 6.43. The van der Waals surface area contributed by atoms with Crippen molar-refractivity contribution in [2.45, 2.75) is 57.1 Å². The van der Waals surface area contributed by atoms with Crippen LogP contribution in [0, 0.1) is 0 Å². The van der Waals surface area contributed by atoms with E-state index in [9.17, 15) is 0 Å². The van der Waals surface area contributed by atoms with Gasteiger partial charge in [0, 0.05) is 5.56 Å². The maximum absolute atomic E-state index is 6.43. The number of alkyl halides is 1. The lowest BCUT2D eigenvalue weighted by Crippen LogP contribution is -2.44. The van der Waals surface area contributed by atoms with E-state index in [4.69, 9.17) is 16.0 Å². The lowest BCUT2D eigenvalue weighted by molar-refractivity contribution is 0.487. The summed E-state index contributed by atoms with van der Waals surface area (Å²) in [4.78, 5) is 0. The normalized spacial score (nSPS) is 19.8. The first-order chi connectivity index (χ1) is 8.22. The first-order valence-corrected chi connectivity index (χ1v) is 10.0. The van der Waals surface area contributed by atoms with Crippen molar-refractivity contribution in [2.75, 3.05) is 0 Å². The van der Waals surface area contributed by atoms with E-state index in [1.165, 1.54) is 11.1 Å². The van der Waals surface area contributed by atoms with Crippen LogP contribution in [-0.2, 0) is 6.42 Å². The number of halogens is 1. The number of rotatable bonds is 2. The maximum Gasteiger partial charge on any atom is 0.250 e. The van der Waals surface area contributed by atoms with Gasteiger partial charge in [-0.05, 0) is 42.6 Å². The zero-order chi connectivity index (χ0) is 13.6. The zero-order valence-electron chi connectivity index (χ0n) is 12.0. The molecule has 0 saturated heterocycles. The average molecular weight is 283 g/mol. The smallest absolute Gasteiger partial charge is 0.250 e. The maximum atomic E-state index is 6.43. The van der Waals surface area contributed by atoms with Gasteiger partial charge in [-0.1, -0.05) is 32.9 Å². The highest BCUT2D eigenvalue weighted by atomic mass is 35.5. The van der Waals surface area contributed by atoms with Crippen LogP contribution in [0.25, 0.3) is 0 Å². The molecule has 1 nitrogen and oxygen atoms in total. The van der Waals surface area contributed by atoms with Crippen molar-refractivity contribution in [3.05, 3.63) is 29.3 Å². The van der Waals surface area contributed by atoms with Gasteiger partial charge in [-0.25, -0.2) is 0 Å². The molecule has 0 spiro atoms. The van der Waals surface area contributed by atoms with Crippen LogP contribution >= 0.6 is 11.6 Å². The molecule has 2 rings (SSSR count). The molecule has 3 heteroatoms. The van der Waals surface area contributed by atoms with Crippen LogP contribution in [0.2, 0.25) is 18.1 Å². The number of fused-ring (bicyclic) bond motifs is 1. The third-order valence-corrected chi connectivity index (χ3v) is 9.09. The minimum absolute atomic E-state index is 0.126. The van der Waals surface area contributed by atoms with Crippen LogP contribution in [0.4, 0.5) is 0 Å². The van der Waals surface area contributed by atoms with E-state index in [1.54, 1.807) is 0 Å². The van der Waals surface area contributed by atoms with Gasteiger partial charge in [-0.3, -0.25) is 0 Å². The fraction of sp³-hybridized carbons (Fsp3) is 0.600. The molecule has 0 heterocycles. The Hall–Kier alpha value is -0.473. The molecule has 1 aliphatic carbocycles. The molecular formula is C15H23ClOSi. The van der Waals surface area contributed by atoms with E-state index in [1.807, 2.05) is 0 Å². The highest BCUT2D eigenvalue weighted by Crippen LogP contribution is 2.45. The summed E-state index contributed by atoms with van der Waals surface area (Å²) in [6, 6.07) is 6.35. The third kappa shape index (κ3) is 2.46.